The van der Waals surface area contributed by atoms with E-state index < -0.39 is 0 Å². The Morgan fingerprint density at radius 1 is 1.00 bits per heavy atom. The Morgan fingerprint density at radius 2 is 1.73 bits per heavy atom. The van der Waals surface area contributed by atoms with Crippen molar-refractivity contribution in [2.45, 2.75) is 13.5 Å². The molecule has 0 aromatic heterocycles. The molecule has 0 saturated heterocycles. The minimum atomic E-state index is -0.300. The predicted molar refractivity (Wildman–Crippen MR) is 125 cm³/mol. The van der Waals surface area contributed by atoms with Crippen molar-refractivity contribution in [2.24, 2.45) is 5.10 Å². The minimum Gasteiger partial charge on any atom is -0.490 e. The summed E-state index contributed by atoms with van der Waals surface area (Å²) in [5.74, 6) is 0.919. The highest BCUT2D eigenvalue weighted by Crippen LogP contribution is 2.37. The summed E-state index contributed by atoms with van der Waals surface area (Å²) in [5.41, 5.74) is 4.86. The molecular formula is C23H20Br2N2O3. The standard InChI is InChI=1S/C23H20Br2N2O3/c1-2-29-21-13-17(14-26-27-23(28)18-10-6-7-11-19(18)24)12-20(25)22(21)30-15-16-8-4-3-5-9-16/h3-14H,2,15H2,1H3,(H,27,28)/b26-14-. The fraction of sp³-hybridized carbons (Fsp3) is 0.130. The molecule has 0 aliphatic carbocycles. The van der Waals surface area contributed by atoms with Crippen LogP contribution in [0.15, 0.2) is 80.8 Å². The Labute approximate surface area is 192 Å². The normalized spacial score (nSPS) is 10.8. The van der Waals surface area contributed by atoms with Crippen LogP contribution in [0.25, 0.3) is 0 Å². The van der Waals surface area contributed by atoms with Crippen LogP contribution in [0.3, 0.4) is 0 Å². The second kappa shape index (κ2) is 10.9. The predicted octanol–water partition coefficient (Wildman–Crippen LogP) is 5.95. The van der Waals surface area contributed by atoms with Gasteiger partial charge in [-0.1, -0.05) is 42.5 Å². The first-order valence-electron chi connectivity index (χ1n) is 9.29. The van der Waals surface area contributed by atoms with Crippen LogP contribution in [0.4, 0.5) is 0 Å². The van der Waals surface area contributed by atoms with E-state index in [0.29, 0.717) is 34.7 Å². The fourth-order valence-electron chi connectivity index (χ4n) is 2.67. The highest BCUT2D eigenvalue weighted by molar-refractivity contribution is 9.10. The summed E-state index contributed by atoms with van der Waals surface area (Å²) in [6, 6.07) is 20.8. The molecule has 3 rings (SSSR count). The van der Waals surface area contributed by atoms with Crippen molar-refractivity contribution in [3.8, 4) is 11.5 Å². The van der Waals surface area contributed by atoms with Crippen molar-refractivity contribution in [1.82, 2.24) is 5.43 Å². The summed E-state index contributed by atoms with van der Waals surface area (Å²) in [6.07, 6.45) is 1.56. The summed E-state index contributed by atoms with van der Waals surface area (Å²) in [4.78, 5) is 12.3. The summed E-state index contributed by atoms with van der Waals surface area (Å²) in [6.45, 7) is 2.83. The van der Waals surface area contributed by atoms with Gasteiger partial charge in [0, 0.05) is 4.47 Å². The monoisotopic (exact) mass is 530 g/mol. The molecule has 3 aromatic carbocycles. The van der Waals surface area contributed by atoms with Crippen molar-refractivity contribution >= 4 is 44.0 Å². The molecular weight excluding hydrogens is 512 g/mol. The number of ether oxygens (including phenoxy) is 2. The van der Waals surface area contributed by atoms with E-state index in [-0.39, 0.29) is 5.91 Å². The first-order valence-corrected chi connectivity index (χ1v) is 10.9. The van der Waals surface area contributed by atoms with E-state index in [1.807, 2.05) is 55.5 Å². The summed E-state index contributed by atoms with van der Waals surface area (Å²) in [7, 11) is 0. The second-order valence-electron chi connectivity index (χ2n) is 6.22. The number of hydrogen-bond acceptors (Lipinski definition) is 4. The van der Waals surface area contributed by atoms with Crippen LogP contribution in [-0.2, 0) is 6.61 Å². The van der Waals surface area contributed by atoms with E-state index in [9.17, 15) is 4.79 Å². The van der Waals surface area contributed by atoms with Gasteiger partial charge in [0.1, 0.15) is 6.61 Å². The van der Waals surface area contributed by atoms with E-state index in [0.717, 1.165) is 15.6 Å². The molecule has 0 heterocycles. The van der Waals surface area contributed by atoms with E-state index in [2.05, 4.69) is 42.4 Å². The molecule has 0 aliphatic rings. The Kier molecular flexibility index (Phi) is 8.04. The maximum absolute atomic E-state index is 12.3. The van der Waals surface area contributed by atoms with Crippen LogP contribution in [0.1, 0.15) is 28.4 Å². The van der Waals surface area contributed by atoms with Crippen molar-refractivity contribution in [1.29, 1.82) is 0 Å². The zero-order chi connectivity index (χ0) is 21.3. The number of carbonyl (C=O) groups excluding carboxylic acids is 1. The molecule has 0 spiro atoms. The molecule has 0 saturated carbocycles. The van der Waals surface area contributed by atoms with Gasteiger partial charge in [0.2, 0.25) is 0 Å². The fourth-order valence-corrected chi connectivity index (χ4v) is 3.71. The minimum absolute atomic E-state index is 0.300. The van der Waals surface area contributed by atoms with Gasteiger partial charge in [-0.15, -0.1) is 0 Å². The average Bonchev–Trinajstić information content (AvgIpc) is 2.74. The molecule has 30 heavy (non-hydrogen) atoms. The van der Waals surface area contributed by atoms with Gasteiger partial charge in [-0.25, -0.2) is 5.43 Å². The molecule has 3 aromatic rings. The zero-order valence-corrected chi connectivity index (χ0v) is 19.4. The topological polar surface area (TPSA) is 59.9 Å². The maximum Gasteiger partial charge on any atom is 0.272 e. The third-order valence-corrected chi connectivity index (χ3v) is 5.34. The Bertz CT molecular complexity index is 1040. The Morgan fingerprint density at radius 3 is 2.47 bits per heavy atom. The van der Waals surface area contributed by atoms with Crippen LogP contribution in [0.2, 0.25) is 0 Å². The van der Waals surface area contributed by atoms with Crippen LogP contribution in [-0.4, -0.2) is 18.7 Å². The lowest BCUT2D eigenvalue weighted by Gasteiger charge is -2.14. The number of carbonyl (C=O) groups is 1. The van der Waals surface area contributed by atoms with Crippen molar-refractivity contribution in [2.75, 3.05) is 6.61 Å². The number of benzene rings is 3. The van der Waals surface area contributed by atoms with Gasteiger partial charge in [-0.3, -0.25) is 4.79 Å². The van der Waals surface area contributed by atoms with Crippen LogP contribution in [0, 0.1) is 0 Å². The molecule has 0 fully saturated rings. The van der Waals surface area contributed by atoms with Gasteiger partial charge in [0.25, 0.3) is 5.91 Å². The van der Waals surface area contributed by atoms with Crippen LogP contribution >= 0.6 is 31.9 Å². The largest absolute Gasteiger partial charge is 0.490 e. The zero-order valence-electron chi connectivity index (χ0n) is 16.3. The third kappa shape index (κ3) is 5.93. The van der Waals surface area contributed by atoms with Gasteiger partial charge >= 0.3 is 0 Å². The van der Waals surface area contributed by atoms with Gasteiger partial charge < -0.3 is 9.47 Å². The van der Waals surface area contributed by atoms with Crippen molar-refractivity contribution in [3.05, 3.63) is 92.4 Å². The van der Waals surface area contributed by atoms with E-state index >= 15 is 0 Å². The van der Waals surface area contributed by atoms with Crippen LogP contribution < -0.4 is 14.9 Å². The maximum atomic E-state index is 12.3. The summed E-state index contributed by atoms with van der Waals surface area (Å²) < 4.78 is 13.2. The number of nitrogens with zero attached hydrogens (tertiary/aromatic N) is 1. The van der Waals surface area contributed by atoms with Gasteiger partial charge in [-0.2, -0.15) is 5.10 Å². The molecule has 154 valence electrons. The molecule has 0 atom stereocenters. The van der Waals surface area contributed by atoms with Gasteiger partial charge in [-0.05, 0) is 74.2 Å². The Hall–Kier alpha value is -2.64. The number of rotatable bonds is 8. The first kappa shape index (κ1) is 22.1. The molecule has 0 bridgehead atoms. The summed E-state index contributed by atoms with van der Waals surface area (Å²) in [5, 5.41) is 4.06. The highest BCUT2D eigenvalue weighted by atomic mass is 79.9. The molecule has 0 aliphatic heterocycles. The summed E-state index contributed by atoms with van der Waals surface area (Å²) >= 11 is 6.91. The number of hydrogen-bond donors (Lipinski definition) is 1. The molecule has 7 heteroatoms. The van der Waals surface area contributed by atoms with E-state index in [1.54, 1.807) is 24.4 Å². The second-order valence-corrected chi connectivity index (χ2v) is 7.92. The number of nitrogens with one attached hydrogen (secondary N) is 1. The number of halogens is 2. The van der Waals surface area contributed by atoms with E-state index in [1.165, 1.54) is 0 Å². The lowest BCUT2D eigenvalue weighted by molar-refractivity contribution is 0.0954. The van der Waals surface area contributed by atoms with Crippen molar-refractivity contribution < 1.29 is 14.3 Å². The number of hydrazone groups is 1. The highest BCUT2D eigenvalue weighted by Gasteiger charge is 2.13. The SMILES string of the molecule is CCOc1cc(/C=N\NC(=O)c2ccccc2Br)cc(Br)c1OCc1ccccc1. The Balaban J connectivity index is 1.73. The smallest absolute Gasteiger partial charge is 0.272 e. The first-order chi connectivity index (χ1) is 14.6. The van der Waals surface area contributed by atoms with E-state index in [4.69, 9.17) is 9.47 Å². The molecule has 5 nitrogen and oxygen atoms in total. The lowest BCUT2D eigenvalue weighted by atomic mass is 10.2. The quantitative estimate of drug-likeness (QED) is 0.288. The molecule has 1 N–H and O–H groups in total. The van der Waals surface area contributed by atoms with Crippen molar-refractivity contribution in [3.63, 3.8) is 0 Å². The molecule has 0 radical (unpaired) electrons. The lowest BCUT2D eigenvalue weighted by Crippen LogP contribution is -2.18. The van der Waals surface area contributed by atoms with Gasteiger partial charge in [0.05, 0.1) is 22.9 Å². The average molecular weight is 532 g/mol. The number of amides is 1. The molecule has 1 amide bonds. The molecule has 0 unspecified atom stereocenters. The van der Waals surface area contributed by atoms with Crippen LogP contribution in [0.5, 0.6) is 11.5 Å². The third-order valence-electron chi connectivity index (χ3n) is 4.06. The van der Waals surface area contributed by atoms with Gasteiger partial charge in [0.15, 0.2) is 11.5 Å².